The third kappa shape index (κ3) is 8.39. The molecule has 2 heterocycles. The van der Waals surface area contributed by atoms with E-state index < -0.39 is 0 Å². The number of unbranched alkanes of at least 4 members (excludes halogenated alkanes) is 1. The van der Waals surface area contributed by atoms with Crippen molar-refractivity contribution in [1.82, 2.24) is 15.1 Å². The molecule has 0 spiro atoms. The molecule has 1 fully saturated rings. The molecule has 1 N–H and O–H groups in total. The van der Waals surface area contributed by atoms with Gasteiger partial charge in [-0.2, -0.15) is 0 Å². The zero-order chi connectivity index (χ0) is 17.9. The number of thiophene rings is 1. The zero-order valence-corrected chi connectivity index (χ0v) is 19.5. The van der Waals surface area contributed by atoms with E-state index >= 15 is 0 Å². The van der Waals surface area contributed by atoms with Gasteiger partial charge in [0.2, 0.25) is 0 Å². The third-order valence-electron chi connectivity index (χ3n) is 4.66. The normalized spacial score (nSPS) is 18.2. The van der Waals surface area contributed by atoms with Crippen LogP contribution in [-0.2, 0) is 6.54 Å². The second kappa shape index (κ2) is 13.6. The summed E-state index contributed by atoms with van der Waals surface area (Å²) < 4.78 is 0. The number of nitrogens with zero attached hydrogens (tertiary/aromatic N) is 3. The van der Waals surface area contributed by atoms with Gasteiger partial charge in [0.25, 0.3) is 0 Å². The molecule has 1 aliphatic heterocycles. The predicted molar refractivity (Wildman–Crippen MR) is 126 cm³/mol. The van der Waals surface area contributed by atoms with Crippen LogP contribution in [0.3, 0.4) is 0 Å². The van der Waals surface area contributed by atoms with Crippen LogP contribution in [-0.4, -0.2) is 55.5 Å². The maximum Gasteiger partial charge on any atom is 0.193 e. The van der Waals surface area contributed by atoms with Gasteiger partial charge in [0, 0.05) is 44.6 Å². The number of aliphatic imine (C=N–C) groups is 1. The van der Waals surface area contributed by atoms with E-state index in [2.05, 4.69) is 53.2 Å². The summed E-state index contributed by atoms with van der Waals surface area (Å²) in [5.74, 6) is 1.71. The number of hydrogen-bond donors (Lipinski definition) is 1. The Kier molecular flexibility index (Phi) is 12.2. The van der Waals surface area contributed by atoms with Gasteiger partial charge in [-0.25, -0.2) is 0 Å². The van der Waals surface area contributed by atoms with Crippen molar-refractivity contribution in [3.8, 4) is 0 Å². The highest BCUT2D eigenvalue weighted by Gasteiger charge is 2.20. The summed E-state index contributed by atoms with van der Waals surface area (Å²) in [4.78, 5) is 11.2. The van der Waals surface area contributed by atoms with Gasteiger partial charge in [-0.1, -0.05) is 12.1 Å². The Morgan fingerprint density at radius 3 is 3.08 bits per heavy atom. The topological polar surface area (TPSA) is 30.9 Å². The van der Waals surface area contributed by atoms with E-state index in [9.17, 15) is 0 Å². The monoisotopic (exact) mass is 490 g/mol. The van der Waals surface area contributed by atoms with Crippen molar-refractivity contribution in [3.05, 3.63) is 35.0 Å². The third-order valence-corrected chi connectivity index (χ3v) is 5.52. The number of piperidine rings is 1. The van der Waals surface area contributed by atoms with Crippen LogP contribution in [0.5, 0.6) is 0 Å². The number of rotatable bonds is 9. The highest BCUT2D eigenvalue weighted by Crippen LogP contribution is 2.20. The molecule has 6 heteroatoms. The Morgan fingerprint density at radius 1 is 1.54 bits per heavy atom. The van der Waals surface area contributed by atoms with Gasteiger partial charge in [0.05, 0.1) is 0 Å². The summed E-state index contributed by atoms with van der Waals surface area (Å²) in [5, 5.41) is 5.61. The smallest absolute Gasteiger partial charge is 0.193 e. The van der Waals surface area contributed by atoms with E-state index in [0.717, 1.165) is 45.0 Å². The lowest BCUT2D eigenvalue weighted by Crippen LogP contribution is -2.41. The second-order valence-electron chi connectivity index (χ2n) is 6.87. The van der Waals surface area contributed by atoms with Crippen LogP contribution >= 0.6 is 35.3 Å². The van der Waals surface area contributed by atoms with Crippen molar-refractivity contribution in [2.45, 2.75) is 39.2 Å². The van der Waals surface area contributed by atoms with Gasteiger partial charge in [0.15, 0.2) is 5.96 Å². The minimum Gasteiger partial charge on any atom is -0.357 e. The fourth-order valence-electron chi connectivity index (χ4n) is 3.33. The SMILES string of the molecule is C=CCCCN(C)C(=NCC1CCCN(Cc2cccs2)C1)NCC.I. The quantitative estimate of drug-likeness (QED) is 0.183. The molecule has 1 saturated heterocycles. The molecule has 1 unspecified atom stereocenters. The zero-order valence-electron chi connectivity index (χ0n) is 16.3. The number of nitrogens with one attached hydrogen (secondary N) is 1. The molecule has 0 amide bonds. The van der Waals surface area contributed by atoms with Crippen molar-refractivity contribution in [2.75, 3.05) is 39.8 Å². The van der Waals surface area contributed by atoms with Crippen molar-refractivity contribution in [3.63, 3.8) is 0 Å². The number of guanidine groups is 1. The molecule has 26 heavy (non-hydrogen) atoms. The molecule has 1 aromatic heterocycles. The molecule has 2 rings (SSSR count). The van der Waals surface area contributed by atoms with E-state index in [-0.39, 0.29) is 24.0 Å². The van der Waals surface area contributed by atoms with Crippen LogP contribution in [0.15, 0.2) is 35.2 Å². The van der Waals surface area contributed by atoms with E-state index in [4.69, 9.17) is 4.99 Å². The van der Waals surface area contributed by atoms with Gasteiger partial charge in [-0.15, -0.1) is 41.9 Å². The summed E-state index contributed by atoms with van der Waals surface area (Å²) >= 11 is 1.86. The van der Waals surface area contributed by atoms with Crippen LogP contribution in [0.4, 0.5) is 0 Å². The van der Waals surface area contributed by atoms with Gasteiger partial charge in [-0.05, 0) is 56.5 Å². The Bertz CT molecular complexity index is 518. The summed E-state index contributed by atoms with van der Waals surface area (Å²) in [6.45, 7) is 12.3. The molecule has 1 aromatic rings. The molecular formula is C20H35IN4S. The lowest BCUT2D eigenvalue weighted by atomic mass is 9.98. The number of halogens is 1. The maximum absolute atomic E-state index is 4.93. The van der Waals surface area contributed by atoms with Gasteiger partial charge >= 0.3 is 0 Å². The molecule has 0 bridgehead atoms. The Labute approximate surface area is 180 Å². The average Bonchev–Trinajstić information content (AvgIpc) is 3.12. The molecule has 0 radical (unpaired) electrons. The molecule has 148 valence electrons. The van der Waals surface area contributed by atoms with Crippen LogP contribution < -0.4 is 5.32 Å². The van der Waals surface area contributed by atoms with Gasteiger partial charge in [-0.3, -0.25) is 9.89 Å². The standard InChI is InChI=1S/C20H34N4S.HI/c1-4-6-7-12-23(3)20(21-5-2)22-15-18-10-8-13-24(16-18)17-19-11-9-14-25-19;/h4,9,11,14,18H,1,5-8,10,12-13,15-17H2,2-3H3,(H,21,22);1H. The largest absolute Gasteiger partial charge is 0.357 e. The molecule has 4 nitrogen and oxygen atoms in total. The van der Waals surface area contributed by atoms with Crippen molar-refractivity contribution < 1.29 is 0 Å². The molecule has 0 aromatic carbocycles. The Hall–Kier alpha value is -0.600. The minimum atomic E-state index is 0. The van der Waals surface area contributed by atoms with Crippen LogP contribution in [0.2, 0.25) is 0 Å². The van der Waals surface area contributed by atoms with Crippen LogP contribution in [0.25, 0.3) is 0 Å². The first-order chi connectivity index (χ1) is 12.2. The summed E-state index contributed by atoms with van der Waals surface area (Å²) in [7, 11) is 2.13. The van der Waals surface area contributed by atoms with Crippen molar-refractivity contribution in [1.29, 1.82) is 0 Å². The highest BCUT2D eigenvalue weighted by atomic mass is 127. The molecule has 1 atom stereocenters. The van der Waals surface area contributed by atoms with Gasteiger partial charge in [0.1, 0.15) is 0 Å². The predicted octanol–water partition coefficient (Wildman–Crippen LogP) is 4.44. The average molecular weight is 490 g/mol. The molecule has 0 aliphatic carbocycles. The second-order valence-corrected chi connectivity index (χ2v) is 7.90. The van der Waals surface area contributed by atoms with Crippen LogP contribution in [0.1, 0.15) is 37.5 Å². The molecule has 0 saturated carbocycles. The number of allylic oxidation sites excluding steroid dienone is 1. The highest BCUT2D eigenvalue weighted by molar-refractivity contribution is 14.0. The maximum atomic E-state index is 4.93. The number of hydrogen-bond acceptors (Lipinski definition) is 3. The first kappa shape index (κ1) is 23.4. The molecular weight excluding hydrogens is 455 g/mol. The van der Waals surface area contributed by atoms with Gasteiger partial charge < -0.3 is 10.2 Å². The Morgan fingerprint density at radius 2 is 2.38 bits per heavy atom. The van der Waals surface area contributed by atoms with E-state index in [1.54, 1.807) is 0 Å². The first-order valence-corrected chi connectivity index (χ1v) is 10.5. The van der Waals surface area contributed by atoms with E-state index in [1.807, 2.05) is 17.4 Å². The summed E-state index contributed by atoms with van der Waals surface area (Å²) in [6, 6.07) is 4.39. The lowest BCUT2D eigenvalue weighted by molar-refractivity contribution is 0.172. The lowest BCUT2D eigenvalue weighted by Gasteiger charge is -2.32. The van der Waals surface area contributed by atoms with Crippen LogP contribution in [0, 0.1) is 5.92 Å². The van der Waals surface area contributed by atoms with Crippen molar-refractivity contribution in [2.24, 2.45) is 10.9 Å². The Balaban J connectivity index is 0.00000338. The van der Waals surface area contributed by atoms with E-state index in [1.165, 1.54) is 30.8 Å². The number of likely N-dealkylation sites (tertiary alicyclic amines) is 1. The fourth-order valence-corrected chi connectivity index (χ4v) is 4.08. The molecule has 1 aliphatic rings. The van der Waals surface area contributed by atoms with Crippen molar-refractivity contribution >= 4 is 41.3 Å². The fraction of sp³-hybridized carbons (Fsp3) is 0.650. The summed E-state index contributed by atoms with van der Waals surface area (Å²) in [5.41, 5.74) is 0. The van der Waals surface area contributed by atoms with E-state index in [0.29, 0.717) is 5.92 Å². The minimum absolute atomic E-state index is 0. The first-order valence-electron chi connectivity index (χ1n) is 9.58. The summed E-state index contributed by atoms with van der Waals surface area (Å²) in [6.07, 6.45) is 6.76.